The van der Waals surface area contributed by atoms with Crippen molar-refractivity contribution in [2.24, 2.45) is 0 Å². The van der Waals surface area contributed by atoms with Crippen molar-refractivity contribution >= 4 is 0 Å². The summed E-state index contributed by atoms with van der Waals surface area (Å²) in [7, 11) is 0. The molecule has 0 radical (unpaired) electrons. The molecule has 3 rings (SSSR count). The maximum Gasteiger partial charge on any atom is 0.159 e. The minimum absolute atomic E-state index is 0.354. The predicted octanol–water partition coefficient (Wildman–Crippen LogP) is 5.22. The lowest BCUT2D eigenvalue weighted by atomic mass is 10.1. The molecule has 0 amide bonds. The van der Waals surface area contributed by atoms with E-state index in [0.717, 1.165) is 22.9 Å². The number of ether oxygens (including phenoxy) is 1. The summed E-state index contributed by atoms with van der Waals surface area (Å²) in [4.78, 5) is 4.16. The van der Waals surface area contributed by atoms with Crippen LogP contribution in [0.15, 0.2) is 54.9 Å². The lowest BCUT2D eigenvalue weighted by Gasteiger charge is -2.09. The first-order valence-electron chi connectivity index (χ1n) is 7.62. The van der Waals surface area contributed by atoms with Gasteiger partial charge in [0.25, 0.3) is 0 Å². The van der Waals surface area contributed by atoms with E-state index in [1.165, 1.54) is 23.3 Å². The molecule has 0 N–H and O–H groups in total. The first-order valence-corrected chi connectivity index (χ1v) is 7.62. The van der Waals surface area contributed by atoms with Gasteiger partial charge >= 0.3 is 0 Å². The van der Waals surface area contributed by atoms with Crippen LogP contribution in [0.4, 0.5) is 8.78 Å². The van der Waals surface area contributed by atoms with Crippen molar-refractivity contribution in [2.45, 2.75) is 20.5 Å². The van der Waals surface area contributed by atoms with Crippen molar-refractivity contribution in [3.63, 3.8) is 0 Å². The quantitative estimate of drug-likeness (QED) is 0.656. The summed E-state index contributed by atoms with van der Waals surface area (Å²) in [5, 5.41) is 0. The van der Waals surface area contributed by atoms with Crippen molar-refractivity contribution in [1.82, 2.24) is 4.98 Å². The summed E-state index contributed by atoms with van der Waals surface area (Å²) in [6.45, 7) is 4.44. The van der Waals surface area contributed by atoms with Gasteiger partial charge in [-0.3, -0.25) is 4.98 Å². The van der Waals surface area contributed by atoms with Crippen LogP contribution in [0.3, 0.4) is 0 Å². The average Bonchev–Trinajstić information content (AvgIpc) is 2.59. The molecule has 0 aliphatic rings. The molecule has 1 aromatic heterocycles. The Morgan fingerprint density at radius 2 is 1.67 bits per heavy atom. The summed E-state index contributed by atoms with van der Waals surface area (Å²) in [5.74, 6) is -0.943. The number of aryl methyl sites for hydroxylation is 2. The fraction of sp³-hybridized carbons (Fsp3) is 0.150. The van der Waals surface area contributed by atoms with E-state index in [-0.39, 0.29) is 0 Å². The third-order valence-electron chi connectivity index (χ3n) is 3.93. The second-order valence-corrected chi connectivity index (χ2v) is 5.75. The van der Waals surface area contributed by atoms with Crippen molar-refractivity contribution < 1.29 is 13.5 Å². The number of aromatic nitrogens is 1. The van der Waals surface area contributed by atoms with E-state index in [0.29, 0.717) is 12.2 Å². The van der Waals surface area contributed by atoms with Crippen LogP contribution in [0.25, 0.3) is 11.1 Å². The SMILES string of the molecule is Cc1ccc(OCc2cncc(-c3ccc(F)c(F)c3)c2)cc1C. The highest BCUT2D eigenvalue weighted by atomic mass is 19.2. The van der Waals surface area contributed by atoms with Gasteiger partial charge < -0.3 is 4.74 Å². The highest BCUT2D eigenvalue weighted by Crippen LogP contribution is 2.23. The Balaban J connectivity index is 1.77. The molecule has 0 fully saturated rings. The van der Waals surface area contributed by atoms with E-state index in [2.05, 4.69) is 4.98 Å². The summed E-state index contributed by atoms with van der Waals surface area (Å²) >= 11 is 0. The van der Waals surface area contributed by atoms with Gasteiger partial charge in [-0.25, -0.2) is 8.78 Å². The molecule has 1 heterocycles. The third-order valence-corrected chi connectivity index (χ3v) is 3.93. The summed E-state index contributed by atoms with van der Waals surface area (Å²) < 4.78 is 32.2. The van der Waals surface area contributed by atoms with Crippen molar-refractivity contribution in [3.05, 3.63) is 83.2 Å². The Kier molecular flexibility index (Phi) is 4.56. The van der Waals surface area contributed by atoms with E-state index in [4.69, 9.17) is 4.74 Å². The third kappa shape index (κ3) is 3.59. The standard InChI is InChI=1S/C20H17F2NO/c1-13-3-5-18(7-14(13)2)24-12-15-8-17(11-23-10-15)16-4-6-19(21)20(22)9-16/h3-11H,12H2,1-2H3. The van der Waals surface area contributed by atoms with Crippen molar-refractivity contribution in [2.75, 3.05) is 0 Å². The normalized spacial score (nSPS) is 10.7. The van der Waals surface area contributed by atoms with Gasteiger partial charge in [-0.2, -0.15) is 0 Å². The molecule has 122 valence electrons. The van der Waals surface area contributed by atoms with E-state index in [1.54, 1.807) is 12.4 Å². The summed E-state index contributed by atoms with van der Waals surface area (Å²) in [6, 6.07) is 11.6. The first kappa shape index (κ1) is 16.1. The average molecular weight is 325 g/mol. The van der Waals surface area contributed by atoms with E-state index in [1.807, 2.05) is 38.1 Å². The number of halogens is 2. The van der Waals surface area contributed by atoms with Gasteiger partial charge in [-0.05, 0) is 60.9 Å². The molecule has 2 aromatic carbocycles. The molecule has 0 atom stereocenters. The maximum atomic E-state index is 13.4. The van der Waals surface area contributed by atoms with E-state index in [9.17, 15) is 8.78 Å². The molecule has 0 aliphatic heterocycles. The smallest absolute Gasteiger partial charge is 0.159 e. The highest BCUT2D eigenvalue weighted by molar-refractivity contribution is 5.63. The first-order chi connectivity index (χ1) is 11.5. The van der Waals surface area contributed by atoms with Gasteiger partial charge in [0, 0.05) is 23.5 Å². The maximum absolute atomic E-state index is 13.4. The highest BCUT2D eigenvalue weighted by Gasteiger charge is 2.06. The second-order valence-electron chi connectivity index (χ2n) is 5.75. The van der Waals surface area contributed by atoms with Crippen LogP contribution >= 0.6 is 0 Å². The number of benzene rings is 2. The lowest BCUT2D eigenvalue weighted by Crippen LogP contribution is -1.97. The van der Waals surface area contributed by atoms with Crippen molar-refractivity contribution in [3.8, 4) is 16.9 Å². The topological polar surface area (TPSA) is 22.1 Å². The molecule has 4 heteroatoms. The van der Waals surface area contributed by atoms with Gasteiger partial charge in [0.2, 0.25) is 0 Å². The van der Waals surface area contributed by atoms with Crippen LogP contribution in [0.1, 0.15) is 16.7 Å². The minimum Gasteiger partial charge on any atom is -0.489 e. The molecule has 0 saturated carbocycles. The number of rotatable bonds is 4. The summed E-state index contributed by atoms with van der Waals surface area (Å²) in [5.41, 5.74) is 4.53. The Morgan fingerprint density at radius 1 is 0.833 bits per heavy atom. The van der Waals surface area contributed by atoms with Crippen LogP contribution in [0.2, 0.25) is 0 Å². The van der Waals surface area contributed by atoms with E-state index >= 15 is 0 Å². The molecule has 0 saturated heterocycles. The number of hydrogen-bond donors (Lipinski definition) is 0. The Labute approximate surface area is 139 Å². The molecule has 2 nitrogen and oxygen atoms in total. The predicted molar refractivity (Wildman–Crippen MR) is 89.8 cm³/mol. The van der Waals surface area contributed by atoms with Gasteiger partial charge in [0.05, 0.1) is 0 Å². The molecular weight excluding hydrogens is 308 g/mol. The van der Waals surface area contributed by atoms with Gasteiger partial charge in [0.15, 0.2) is 11.6 Å². The second kappa shape index (κ2) is 6.79. The molecule has 0 bridgehead atoms. The number of nitrogens with zero attached hydrogens (tertiary/aromatic N) is 1. The Morgan fingerprint density at radius 3 is 2.42 bits per heavy atom. The summed E-state index contributed by atoms with van der Waals surface area (Å²) in [6.07, 6.45) is 3.32. The van der Waals surface area contributed by atoms with Gasteiger partial charge in [-0.1, -0.05) is 12.1 Å². The zero-order chi connectivity index (χ0) is 17.1. The van der Waals surface area contributed by atoms with Gasteiger partial charge in [-0.15, -0.1) is 0 Å². The monoisotopic (exact) mass is 325 g/mol. The fourth-order valence-electron chi connectivity index (χ4n) is 2.37. The van der Waals surface area contributed by atoms with Crippen LogP contribution in [-0.4, -0.2) is 4.98 Å². The Bertz CT molecular complexity index is 877. The van der Waals surface area contributed by atoms with Crippen LogP contribution in [0, 0.1) is 25.5 Å². The number of hydrogen-bond acceptors (Lipinski definition) is 2. The van der Waals surface area contributed by atoms with Crippen LogP contribution in [0.5, 0.6) is 5.75 Å². The molecule has 0 unspecified atom stereocenters. The largest absolute Gasteiger partial charge is 0.489 e. The van der Waals surface area contributed by atoms with Crippen LogP contribution < -0.4 is 4.74 Å². The van der Waals surface area contributed by atoms with Crippen LogP contribution in [-0.2, 0) is 6.61 Å². The lowest BCUT2D eigenvalue weighted by molar-refractivity contribution is 0.305. The Hall–Kier alpha value is -2.75. The number of pyridine rings is 1. The molecule has 24 heavy (non-hydrogen) atoms. The van der Waals surface area contributed by atoms with Crippen molar-refractivity contribution in [1.29, 1.82) is 0 Å². The zero-order valence-electron chi connectivity index (χ0n) is 13.5. The van der Waals surface area contributed by atoms with Gasteiger partial charge in [0.1, 0.15) is 12.4 Å². The fourth-order valence-corrected chi connectivity index (χ4v) is 2.37. The van der Waals surface area contributed by atoms with E-state index < -0.39 is 11.6 Å². The minimum atomic E-state index is -0.871. The molecule has 0 spiro atoms. The molecule has 0 aliphatic carbocycles. The zero-order valence-corrected chi connectivity index (χ0v) is 13.5. The molecular formula is C20H17F2NO. The molecule has 3 aromatic rings.